The van der Waals surface area contributed by atoms with Crippen molar-refractivity contribution in [3.63, 3.8) is 0 Å². The van der Waals surface area contributed by atoms with Crippen molar-refractivity contribution in [1.82, 2.24) is 4.57 Å². The summed E-state index contributed by atoms with van der Waals surface area (Å²) >= 11 is 0. The number of amides is 1. The average Bonchev–Trinajstić information content (AvgIpc) is 2.75. The van der Waals surface area contributed by atoms with Crippen LogP contribution in [0.25, 0.3) is 11.3 Å². The highest BCUT2D eigenvalue weighted by Gasteiger charge is 2.36. The molecule has 5 nitrogen and oxygen atoms in total. The molecule has 0 radical (unpaired) electrons. The van der Waals surface area contributed by atoms with Crippen molar-refractivity contribution < 1.29 is 18.0 Å². The summed E-state index contributed by atoms with van der Waals surface area (Å²) in [5, 5.41) is 12.0. The van der Waals surface area contributed by atoms with Gasteiger partial charge in [-0.15, -0.1) is 0 Å². The Morgan fingerprint density at radius 1 is 1.09 bits per heavy atom. The minimum atomic E-state index is -4.88. The highest BCUT2D eigenvalue weighted by Crippen LogP contribution is 2.34. The number of carbonyl (C=O) groups is 1. The number of alkyl halides is 3. The molecule has 0 aliphatic carbocycles. The Labute approximate surface area is 182 Å². The number of benzene rings is 2. The molecule has 0 unspecified atom stereocenters. The van der Waals surface area contributed by atoms with Crippen molar-refractivity contribution in [3.05, 3.63) is 87.7 Å². The van der Waals surface area contributed by atoms with E-state index in [0.717, 1.165) is 10.6 Å². The fraction of sp³-hybridized carbons (Fsp3) is 0.208. The van der Waals surface area contributed by atoms with Crippen LogP contribution in [0, 0.1) is 11.3 Å². The summed E-state index contributed by atoms with van der Waals surface area (Å²) in [4.78, 5) is 24.9. The van der Waals surface area contributed by atoms with E-state index in [9.17, 15) is 28.0 Å². The Balaban J connectivity index is 2.21. The van der Waals surface area contributed by atoms with E-state index < -0.39 is 22.9 Å². The lowest BCUT2D eigenvalue weighted by Crippen LogP contribution is -2.28. The van der Waals surface area contributed by atoms with Gasteiger partial charge in [-0.1, -0.05) is 49.4 Å². The van der Waals surface area contributed by atoms with Gasteiger partial charge in [0.2, 0.25) is 5.91 Å². The standard InChI is InChI=1S/C24H20F3N3O2/c1-2-7-22(31)29-18-11-6-10-17(12-18)21-13-20(24(25,26)27)19(14-28)23(32)30(21)15-16-8-4-3-5-9-16/h3-6,8-13H,2,7,15H2,1H3,(H,29,31). The molecular formula is C24H20F3N3O2. The molecule has 1 aromatic heterocycles. The number of nitrogens with zero attached hydrogens (tertiary/aromatic N) is 2. The Morgan fingerprint density at radius 2 is 1.81 bits per heavy atom. The molecule has 0 aliphatic heterocycles. The number of nitriles is 1. The molecule has 0 bridgehead atoms. The fourth-order valence-electron chi connectivity index (χ4n) is 3.35. The van der Waals surface area contributed by atoms with Gasteiger partial charge >= 0.3 is 6.18 Å². The summed E-state index contributed by atoms with van der Waals surface area (Å²) < 4.78 is 42.1. The molecule has 1 amide bonds. The highest BCUT2D eigenvalue weighted by atomic mass is 19.4. The van der Waals surface area contributed by atoms with E-state index in [1.807, 2.05) is 6.92 Å². The molecule has 3 aromatic rings. The van der Waals surface area contributed by atoms with Gasteiger partial charge < -0.3 is 9.88 Å². The predicted molar refractivity (Wildman–Crippen MR) is 115 cm³/mol. The minimum absolute atomic E-state index is 0.00299. The van der Waals surface area contributed by atoms with E-state index in [2.05, 4.69) is 5.32 Å². The van der Waals surface area contributed by atoms with E-state index in [1.165, 1.54) is 12.1 Å². The summed E-state index contributed by atoms with van der Waals surface area (Å²) in [6.45, 7) is 1.84. The third-order valence-corrected chi connectivity index (χ3v) is 4.82. The number of hydrogen-bond donors (Lipinski definition) is 1. The zero-order valence-corrected chi connectivity index (χ0v) is 17.2. The van der Waals surface area contributed by atoms with E-state index >= 15 is 0 Å². The Bertz CT molecular complexity index is 1230. The van der Waals surface area contributed by atoms with E-state index in [4.69, 9.17) is 0 Å². The zero-order chi connectivity index (χ0) is 23.3. The van der Waals surface area contributed by atoms with Gasteiger partial charge in [-0.05, 0) is 30.2 Å². The molecule has 0 saturated carbocycles. The van der Waals surface area contributed by atoms with Gasteiger partial charge in [-0.3, -0.25) is 9.59 Å². The maximum atomic E-state index is 13.6. The van der Waals surface area contributed by atoms with Gasteiger partial charge in [-0.25, -0.2) is 0 Å². The third kappa shape index (κ3) is 5.06. The van der Waals surface area contributed by atoms with Crippen LogP contribution < -0.4 is 10.9 Å². The quantitative estimate of drug-likeness (QED) is 0.574. The first-order valence-electron chi connectivity index (χ1n) is 9.94. The van der Waals surface area contributed by atoms with Gasteiger partial charge in [-0.2, -0.15) is 18.4 Å². The van der Waals surface area contributed by atoms with E-state index in [0.29, 0.717) is 29.7 Å². The molecule has 2 aromatic carbocycles. The number of halogens is 3. The second-order valence-electron chi connectivity index (χ2n) is 7.18. The molecule has 164 valence electrons. The van der Waals surface area contributed by atoms with Gasteiger partial charge in [0.15, 0.2) is 0 Å². The highest BCUT2D eigenvalue weighted by molar-refractivity contribution is 5.91. The first kappa shape index (κ1) is 22.8. The summed E-state index contributed by atoms with van der Waals surface area (Å²) in [5.74, 6) is -0.220. The number of hydrogen-bond acceptors (Lipinski definition) is 3. The first-order valence-corrected chi connectivity index (χ1v) is 9.94. The van der Waals surface area contributed by atoms with Crippen LogP contribution in [0.2, 0.25) is 0 Å². The molecule has 0 spiro atoms. The second-order valence-corrected chi connectivity index (χ2v) is 7.18. The lowest BCUT2D eigenvalue weighted by atomic mass is 10.0. The summed E-state index contributed by atoms with van der Waals surface area (Å²) in [6, 6.07) is 17.2. The topological polar surface area (TPSA) is 74.9 Å². The third-order valence-electron chi connectivity index (χ3n) is 4.82. The molecule has 3 rings (SSSR count). The van der Waals surface area contributed by atoms with Crippen molar-refractivity contribution in [1.29, 1.82) is 5.26 Å². The summed E-state index contributed by atoms with van der Waals surface area (Å²) in [7, 11) is 0. The van der Waals surface area contributed by atoms with Crippen molar-refractivity contribution in [2.24, 2.45) is 0 Å². The van der Waals surface area contributed by atoms with Gasteiger partial charge in [0.1, 0.15) is 11.6 Å². The normalized spacial score (nSPS) is 11.1. The lowest BCUT2D eigenvalue weighted by molar-refractivity contribution is -0.137. The maximum Gasteiger partial charge on any atom is 0.417 e. The molecule has 0 aliphatic rings. The van der Waals surface area contributed by atoms with Crippen LogP contribution in [0.5, 0.6) is 0 Å². The second kappa shape index (κ2) is 9.52. The Morgan fingerprint density at radius 3 is 2.44 bits per heavy atom. The van der Waals surface area contributed by atoms with Crippen LogP contribution in [0.15, 0.2) is 65.5 Å². The lowest BCUT2D eigenvalue weighted by Gasteiger charge is -2.18. The smallest absolute Gasteiger partial charge is 0.326 e. The number of anilines is 1. The molecule has 32 heavy (non-hydrogen) atoms. The van der Waals surface area contributed by atoms with Gasteiger partial charge in [0, 0.05) is 17.7 Å². The van der Waals surface area contributed by atoms with Crippen molar-refractivity contribution in [2.45, 2.75) is 32.5 Å². The number of carbonyl (C=O) groups excluding carboxylic acids is 1. The monoisotopic (exact) mass is 439 g/mol. The van der Waals surface area contributed by atoms with E-state index in [-0.39, 0.29) is 18.1 Å². The minimum Gasteiger partial charge on any atom is -0.326 e. The van der Waals surface area contributed by atoms with E-state index in [1.54, 1.807) is 48.5 Å². The van der Waals surface area contributed by atoms with Crippen LogP contribution in [0.1, 0.15) is 36.5 Å². The molecule has 1 N–H and O–H groups in total. The molecule has 0 atom stereocenters. The largest absolute Gasteiger partial charge is 0.417 e. The maximum absolute atomic E-state index is 13.6. The molecule has 0 fully saturated rings. The van der Waals surface area contributed by atoms with Crippen molar-refractivity contribution in [3.8, 4) is 17.3 Å². The predicted octanol–water partition coefficient (Wildman–Crippen LogP) is 5.19. The van der Waals surface area contributed by atoms with Crippen LogP contribution in [0.3, 0.4) is 0 Å². The molecular weight excluding hydrogens is 419 g/mol. The SMILES string of the molecule is CCCC(=O)Nc1cccc(-c2cc(C(F)(F)F)c(C#N)c(=O)n2Cc2ccccc2)c1. The zero-order valence-electron chi connectivity index (χ0n) is 17.2. The molecule has 1 heterocycles. The Kier molecular flexibility index (Phi) is 6.79. The van der Waals surface area contributed by atoms with Gasteiger partial charge in [0.25, 0.3) is 5.56 Å². The Hall–Kier alpha value is -3.86. The van der Waals surface area contributed by atoms with Crippen LogP contribution in [-0.2, 0) is 17.5 Å². The van der Waals surface area contributed by atoms with Crippen LogP contribution in [0.4, 0.5) is 18.9 Å². The van der Waals surface area contributed by atoms with Crippen molar-refractivity contribution >= 4 is 11.6 Å². The first-order chi connectivity index (χ1) is 15.2. The molecule has 8 heteroatoms. The summed E-state index contributed by atoms with van der Waals surface area (Å²) in [6.07, 6.45) is -3.93. The number of rotatable bonds is 6. The fourth-order valence-corrected chi connectivity index (χ4v) is 3.35. The molecule has 0 saturated heterocycles. The van der Waals surface area contributed by atoms with Crippen LogP contribution in [-0.4, -0.2) is 10.5 Å². The number of nitrogens with one attached hydrogen (secondary N) is 1. The average molecular weight is 439 g/mol. The number of aromatic nitrogens is 1. The van der Waals surface area contributed by atoms with Crippen molar-refractivity contribution in [2.75, 3.05) is 5.32 Å². The van der Waals surface area contributed by atoms with Crippen LogP contribution >= 0.6 is 0 Å². The number of pyridine rings is 1. The van der Waals surface area contributed by atoms with Gasteiger partial charge in [0.05, 0.1) is 17.8 Å². The summed E-state index contributed by atoms with van der Waals surface area (Å²) in [5.41, 5.74) is -1.88.